The average molecular weight is 308 g/mol. The number of aromatic nitrogens is 4. The zero-order valence-electron chi connectivity index (χ0n) is 13.0. The van der Waals surface area contributed by atoms with Crippen molar-refractivity contribution in [3.8, 4) is 0 Å². The van der Waals surface area contributed by atoms with Crippen LogP contribution in [0, 0.1) is 13.8 Å². The number of aryl methyl sites for hydroxylation is 3. The summed E-state index contributed by atoms with van der Waals surface area (Å²) < 4.78 is 1.97. The van der Waals surface area contributed by atoms with Gasteiger partial charge in [-0.05, 0) is 33.4 Å². The summed E-state index contributed by atoms with van der Waals surface area (Å²) in [6, 6.07) is 2.06. The van der Waals surface area contributed by atoms with Crippen LogP contribution in [-0.2, 0) is 13.0 Å². The first-order valence-corrected chi connectivity index (χ1v) is 7.69. The first-order valence-electron chi connectivity index (χ1n) is 7.31. The van der Waals surface area contributed by atoms with Crippen molar-refractivity contribution in [3.05, 3.63) is 40.2 Å². The van der Waals surface area contributed by atoms with Gasteiger partial charge in [0, 0.05) is 19.2 Å². The largest absolute Gasteiger partial charge is 0.309 e. The fourth-order valence-electron chi connectivity index (χ4n) is 2.45. The fraction of sp³-hybridized carbons (Fsp3) is 0.533. The summed E-state index contributed by atoms with van der Waals surface area (Å²) in [5, 5.41) is 8.70. The Morgan fingerprint density at radius 1 is 1.33 bits per heavy atom. The Balaban J connectivity index is 2.32. The molecule has 0 amide bonds. The van der Waals surface area contributed by atoms with Crippen LogP contribution in [0.15, 0.2) is 12.3 Å². The van der Waals surface area contributed by atoms with E-state index in [-0.39, 0.29) is 6.04 Å². The lowest BCUT2D eigenvalue weighted by Crippen LogP contribution is -2.25. The third-order valence-electron chi connectivity index (χ3n) is 3.46. The summed E-state index contributed by atoms with van der Waals surface area (Å²) in [5.41, 5.74) is 2.92. The number of nitrogens with one attached hydrogen (secondary N) is 1. The van der Waals surface area contributed by atoms with E-state index in [2.05, 4.69) is 34.2 Å². The van der Waals surface area contributed by atoms with E-state index >= 15 is 0 Å². The van der Waals surface area contributed by atoms with Crippen LogP contribution in [0.3, 0.4) is 0 Å². The Bertz CT molecular complexity index is 608. The number of halogens is 1. The number of likely N-dealkylation sites (N-methyl/N-ethyl adjacent to an activating group) is 1. The van der Waals surface area contributed by atoms with E-state index in [0.717, 1.165) is 47.4 Å². The average Bonchev–Trinajstić information content (AvgIpc) is 2.74. The lowest BCUT2D eigenvalue weighted by molar-refractivity contribution is 0.505. The molecule has 0 aromatic carbocycles. The molecule has 0 saturated heterocycles. The van der Waals surface area contributed by atoms with Gasteiger partial charge in [0.25, 0.3) is 0 Å². The standard InChI is InChI=1S/C15H22ClN5/c1-5-17-13(12-7-8-18-11(4)19-12)9-14-15(16)10(3)20-21(14)6-2/h7-8,13,17H,5-6,9H2,1-4H3. The molecule has 0 aliphatic heterocycles. The molecule has 0 radical (unpaired) electrons. The maximum absolute atomic E-state index is 6.41. The van der Waals surface area contributed by atoms with Gasteiger partial charge >= 0.3 is 0 Å². The SMILES string of the molecule is CCNC(Cc1c(Cl)c(C)nn1CC)c1ccnc(C)n1. The monoisotopic (exact) mass is 307 g/mol. The van der Waals surface area contributed by atoms with Gasteiger partial charge in [-0.25, -0.2) is 9.97 Å². The molecular weight excluding hydrogens is 286 g/mol. The molecule has 0 aliphatic carbocycles. The molecule has 0 fully saturated rings. The fourth-order valence-corrected chi connectivity index (χ4v) is 2.67. The second-order valence-corrected chi connectivity index (χ2v) is 5.38. The third kappa shape index (κ3) is 3.60. The zero-order valence-corrected chi connectivity index (χ0v) is 13.8. The summed E-state index contributed by atoms with van der Waals surface area (Å²) in [6.07, 6.45) is 2.56. The third-order valence-corrected chi connectivity index (χ3v) is 3.95. The Hall–Kier alpha value is -1.46. The Morgan fingerprint density at radius 2 is 2.10 bits per heavy atom. The van der Waals surface area contributed by atoms with E-state index in [0.29, 0.717) is 0 Å². The molecule has 1 atom stereocenters. The molecular formula is C15H22ClN5. The van der Waals surface area contributed by atoms with Crippen LogP contribution in [0.5, 0.6) is 0 Å². The van der Waals surface area contributed by atoms with Crippen LogP contribution >= 0.6 is 11.6 Å². The lowest BCUT2D eigenvalue weighted by atomic mass is 10.1. The van der Waals surface area contributed by atoms with Crippen LogP contribution in [0.25, 0.3) is 0 Å². The topological polar surface area (TPSA) is 55.6 Å². The van der Waals surface area contributed by atoms with Crippen LogP contribution in [0.2, 0.25) is 5.02 Å². The number of rotatable bonds is 6. The van der Waals surface area contributed by atoms with E-state index < -0.39 is 0 Å². The molecule has 0 aliphatic rings. The molecule has 2 aromatic heterocycles. The van der Waals surface area contributed by atoms with Gasteiger partial charge in [-0.15, -0.1) is 0 Å². The van der Waals surface area contributed by atoms with Crippen LogP contribution in [0.1, 0.15) is 42.8 Å². The number of hydrogen-bond donors (Lipinski definition) is 1. The molecule has 6 heteroatoms. The lowest BCUT2D eigenvalue weighted by Gasteiger charge is -2.18. The van der Waals surface area contributed by atoms with Crippen molar-refractivity contribution < 1.29 is 0 Å². The normalized spacial score (nSPS) is 12.6. The molecule has 1 unspecified atom stereocenters. The highest BCUT2D eigenvalue weighted by Crippen LogP contribution is 2.25. The van der Waals surface area contributed by atoms with Gasteiger partial charge in [0.2, 0.25) is 0 Å². The summed E-state index contributed by atoms with van der Waals surface area (Å²) in [6.45, 7) is 9.68. The maximum Gasteiger partial charge on any atom is 0.125 e. The second-order valence-electron chi connectivity index (χ2n) is 5.00. The van der Waals surface area contributed by atoms with E-state index in [4.69, 9.17) is 11.6 Å². The summed E-state index contributed by atoms with van der Waals surface area (Å²) in [5.74, 6) is 0.779. The van der Waals surface area contributed by atoms with Gasteiger partial charge in [-0.1, -0.05) is 18.5 Å². The summed E-state index contributed by atoms with van der Waals surface area (Å²) >= 11 is 6.41. The molecule has 114 valence electrons. The number of nitrogens with zero attached hydrogens (tertiary/aromatic N) is 4. The summed E-state index contributed by atoms with van der Waals surface area (Å²) in [7, 11) is 0. The van der Waals surface area contributed by atoms with E-state index in [1.54, 1.807) is 6.20 Å². The van der Waals surface area contributed by atoms with Gasteiger partial charge in [0.1, 0.15) is 5.82 Å². The molecule has 0 spiro atoms. The van der Waals surface area contributed by atoms with Crippen LogP contribution < -0.4 is 5.32 Å². The van der Waals surface area contributed by atoms with Crippen molar-refractivity contribution >= 4 is 11.6 Å². The van der Waals surface area contributed by atoms with E-state index in [1.807, 2.05) is 24.6 Å². The first-order chi connectivity index (χ1) is 10.1. The van der Waals surface area contributed by atoms with E-state index in [9.17, 15) is 0 Å². The molecule has 0 bridgehead atoms. The van der Waals surface area contributed by atoms with Crippen molar-refractivity contribution in [2.45, 2.75) is 46.7 Å². The predicted molar refractivity (Wildman–Crippen MR) is 84.5 cm³/mol. The minimum atomic E-state index is 0.107. The predicted octanol–water partition coefficient (Wildman–Crippen LogP) is 2.86. The minimum absolute atomic E-state index is 0.107. The Labute approximate surface area is 130 Å². The first kappa shape index (κ1) is 15.9. The van der Waals surface area contributed by atoms with Crippen molar-refractivity contribution in [1.82, 2.24) is 25.1 Å². The van der Waals surface area contributed by atoms with Gasteiger partial charge in [-0.3, -0.25) is 4.68 Å². The molecule has 5 nitrogen and oxygen atoms in total. The molecule has 2 rings (SSSR count). The minimum Gasteiger partial charge on any atom is -0.309 e. The smallest absolute Gasteiger partial charge is 0.125 e. The van der Waals surface area contributed by atoms with Crippen molar-refractivity contribution in [2.24, 2.45) is 0 Å². The van der Waals surface area contributed by atoms with Gasteiger partial charge < -0.3 is 5.32 Å². The summed E-state index contributed by atoms with van der Waals surface area (Å²) in [4.78, 5) is 8.70. The Morgan fingerprint density at radius 3 is 2.71 bits per heavy atom. The van der Waals surface area contributed by atoms with Gasteiger partial charge in [0.15, 0.2) is 0 Å². The van der Waals surface area contributed by atoms with Crippen molar-refractivity contribution in [1.29, 1.82) is 0 Å². The van der Waals surface area contributed by atoms with Crippen molar-refractivity contribution in [3.63, 3.8) is 0 Å². The zero-order chi connectivity index (χ0) is 15.4. The quantitative estimate of drug-likeness (QED) is 0.891. The van der Waals surface area contributed by atoms with Gasteiger partial charge in [0.05, 0.1) is 28.1 Å². The van der Waals surface area contributed by atoms with Crippen molar-refractivity contribution in [2.75, 3.05) is 6.54 Å². The molecule has 1 N–H and O–H groups in total. The van der Waals surface area contributed by atoms with Crippen LogP contribution in [0.4, 0.5) is 0 Å². The van der Waals surface area contributed by atoms with Crippen LogP contribution in [-0.4, -0.2) is 26.3 Å². The molecule has 0 saturated carbocycles. The molecule has 21 heavy (non-hydrogen) atoms. The van der Waals surface area contributed by atoms with Gasteiger partial charge in [-0.2, -0.15) is 5.10 Å². The van der Waals surface area contributed by atoms with E-state index in [1.165, 1.54) is 0 Å². The molecule has 2 heterocycles. The second kappa shape index (κ2) is 7.00. The Kier molecular flexibility index (Phi) is 5.31. The number of hydrogen-bond acceptors (Lipinski definition) is 4. The maximum atomic E-state index is 6.41. The molecule has 2 aromatic rings. The highest BCUT2D eigenvalue weighted by molar-refractivity contribution is 6.31. The highest BCUT2D eigenvalue weighted by atomic mass is 35.5. The highest BCUT2D eigenvalue weighted by Gasteiger charge is 2.19.